The highest BCUT2D eigenvalue weighted by atomic mass is 31.1. The lowest BCUT2D eigenvalue weighted by atomic mass is 10.3. The molecule has 3 unspecified atom stereocenters. The third-order valence-electron chi connectivity index (χ3n) is 3.42. The number of hydrogen-bond acceptors (Lipinski definition) is 3. The molecule has 0 aromatic carbocycles. The van der Waals surface area contributed by atoms with E-state index < -0.39 is 7.92 Å². The first-order chi connectivity index (χ1) is 9.19. The summed E-state index contributed by atoms with van der Waals surface area (Å²) in [5, 5.41) is 0. The molecule has 19 heavy (non-hydrogen) atoms. The van der Waals surface area contributed by atoms with Crippen LogP contribution in [0.2, 0.25) is 0 Å². The maximum Gasteiger partial charge on any atom is 0.0811 e. The van der Waals surface area contributed by atoms with E-state index in [1.54, 1.807) is 0 Å². The van der Waals surface area contributed by atoms with Gasteiger partial charge in [0.1, 0.15) is 0 Å². The third-order valence-corrected chi connectivity index (χ3v) is 6.82. The van der Waals surface area contributed by atoms with Crippen LogP contribution in [0.5, 0.6) is 0 Å². The Bertz CT molecular complexity index is 169. The topological polar surface area (TPSA) is 27.7 Å². The molecular weight excluding hydrogens is 259 g/mol. The average Bonchev–Trinajstić information content (AvgIpc) is 2.43. The maximum absolute atomic E-state index is 5.78. The zero-order chi connectivity index (χ0) is 14.7. The SMILES string of the molecule is CCCC(OC)P(C(CCC)OC)C(CCC)OC. The van der Waals surface area contributed by atoms with E-state index in [2.05, 4.69) is 20.8 Å². The fourth-order valence-corrected chi connectivity index (χ4v) is 5.98. The van der Waals surface area contributed by atoms with Gasteiger partial charge in [-0.3, -0.25) is 0 Å². The number of rotatable bonds is 12. The molecule has 0 saturated carbocycles. The quantitative estimate of drug-likeness (QED) is 0.484. The summed E-state index contributed by atoms with van der Waals surface area (Å²) in [7, 11) is 5.04. The Hall–Kier alpha value is 0.310. The standard InChI is InChI=1S/C15H33O3P/c1-7-10-13(16-4)19(14(17-5)11-8-2)15(18-6)12-9-3/h13-15H,7-12H2,1-6H3. The van der Waals surface area contributed by atoms with Crippen molar-refractivity contribution >= 4 is 7.92 Å². The molecule has 0 amide bonds. The van der Waals surface area contributed by atoms with Crippen molar-refractivity contribution < 1.29 is 14.2 Å². The van der Waals surface area contributed by atoms with Gasteiger partial charge in [0.15, 0.2) is 0 Å². The van der Waals surface area contributed by atoms with Gasteiger partial charge in [0.05, 0.1) is 17.5 Å². The number of hydrogen-bond donors (Lipinski definition) is 0. The Balaban J connectivity index is 5.04. The van der Waals surface area contributed by atoms with Crippen LogP contribution in [0.1, 0.15) is 59.3 Å². The molecular formula is C15H33O3P. The van der Waals surface area contributed by atoms with Gasteiger partial charge in [-0.25, -0.2) is 0 Å². The van der Waals surface area contributed by atoms with Crippen molar-refractivity contribution in [3.8, 4) is 0 Å². The van der Waals surface area contributed by atoms with E-state index in [1.165, 1.54) is 0 Å². The molecule has 3 atom stereocenters. The van der Waals surface area contributed by atoms with Gasteiger partial charge in [-0.1, -0.05) is 40.0 Å². The number of methoxy groups -OCH3 is 3. The summed E-state index contributed by atoms with van der Waals surface area (Å²) in [4.78, 5) is 0. The maximum atomic E-state index is 5.78. The summed E-state index contributed by atoms with van der Waals surface area (Å²) in [6.45, 7) is 6.63. The van der Waals surface area contributed by atoms with Gasteiger partial charge >= 0.3 is 0 Å². The zero-order valence-electron chi connectivity index (χ0n) is 13.6. The summed E-state index contributed by atoms with van der Waals surface area (Å²) in [5.41, 5.74) is 0. The highest BCUT2D eigenvalue weighted by Crippen LogP contribution is 2.55. The molecule has 0 rings (SSSR count). The zero-order valence-corrected chi connectivity index (χ0v) is 14.5. The van der Waals surface area contributed by atoms with E-state index in [9.17, 15) is 0 Å². The molecule has 0 aromatic heterocycles. The monoisotopic (exact) mass is 292 g/mol. The predicted molar refractivity (Wildman–Crippen MR) is 84.0 cm³/mol. The summed E-state index contributed by atoms with van der Waals surface area (Å²) < 4.78 is 17.3. The lowest BCUT2D eigenvalue weighted by Crippen LogP contribution is -2.27. The van der Waals surface area contributed by atoms with E-state index in [0.717, 1.165) is 38.5 Å². The van der Waals surface area contributed by atoms with Crippen LogP contribution in [-0.4, -0.2) is 38.9 Å². The molecule has 3 nitrogen and oxygen atoms in total. The van der Waals surface area contributed by atoms with Crippen molar-refractivity contribution in [2.45, 2.75) is 76.8 Å². The third kappa shape index (κ3) is 6.53. The first-order valence-corrected chi connectivity index (χ1v) is 9.10. The lowest BCUT2D eigenvalue weighted by Gasteiger charge is -2.37. The van der Waals surface area contributed by atoms with E-state index in [1.807, 2.05) is 21.3 Å². The average molecular weight is 292 g/mol. The highest BCUT2D eigenvalue weighted by molar-refractivity contribution is 7.59. The summed E-state index contributed by atoms with van der Waals surface area (Å²) in [6, 6.07) is 0. The van der Waals surface area contributed by atoms with Gasteiger partial charge < -0.3 is 14.2 Å². The van der Waals surface area contributed by atoms with Crippen molar-refractivity contribution in [3.05, 3.63) is 0 Å². The Morgan fingerprint density at radius 1 is 0.632 bits per heavy atom. The van der Waals surface area contributed by atoms with E-state index >= 15 is 0 Å². The highest BCUT2D eigenvalue weighted by Gasteiger charge is 2.35. The first-order valence-electron chi connectivity index (χ1n) is 7.55. The molecule has 0 radical (unpaired) electrons. The van der Waals surface area contributed by atoms with Crippen molar-refractivity contribution in [2.24, 2.45) is 0 Å². The molecule has 0 aliphatic carbocycles. The fourth-order valence-electron chi connectivity index (χ4n) is 2.46. The van der Waals surface area contributed by atoms with Crippen LogP contribution in [0, 0.1) is 0 Å². The number of ether oxygens (including phenoxy) is 3. The van der Waals surface area contributed by atoms with Gasteiger partial charge in [-0.05, 0) is 27.2 Å². The van der Waals surface area contributed by atoms with Crippen LogP contribution in [-0.2, 0) is 14.2 Å². The van der Waals surface area contributed by atoms with Gasteiger partial charge in [-0.2, -0.15) is 0 Å². The van der Waals surface area contributed by atoms with Crippen LogP contribution >= 0.6 is 7.92 Å². The lowest BCUT2D eigenvalue weighted by molar-refractivity contribution is 0.105. The first kappa shape index (κ1) is 19.3. The smallest absolute Gasteiger partial charge is 0.0811 e. The van der Waals surface area contributed by atoms with E-state index in [4.69, 9.17) is 14.2 Å². The molecule has 0 heterocycles. The molecule has 0 fully saturated rings. The summed E-state index contributed by atoms with van der Waals surface area (Å²) in [6.07, 6.45) is 6.70. The van der Waals surface area contributed by atoms with Crippen molar-refractivity contribution in [1.29, 1.82) is 0 Å². The van der Waals surface area contributed by atoms with Gasteiger partial charge in [0.2, 0.25) is 0 Å². The minimum absolute atomic E-state index is 0.285. The van der Waals surface area contributed by atoms with Crippen molar-refractivity contribution in [3.63, 3.8) is 0 Å². The van der Waals surface area contributed by atoms with Crippen LogP contribution in [0.4, 0.5) is 0 Å². The Morgan fingerprint density at radius 2 is 0.895 bits per heavy atom. The van der Waals surface area contributed by atoms with Crippen molar-refractivity contribution in [1.82, 2.24) is 0 Å². The van der Waals surface area contributed by atoms with Crippen LogP contribution in [0.15, 0.2) is 0 Å². The van der Waals surface area contributed by atoms with Crippen molar-refractivity contribution in [2.75, 3.05) is 21.3 Å². The van der Waals surface area contributed by atoms with Gasteiger partial charge in [0, 0.05) is 21.3 Å². The molecule has 0 aliphatic heterocycles. The Labute approximate surface area is 121 Å². The Morgan fingerprint density at radius 3 is 1.05 bits per heavy atom. The normalized spacial score (nSPS) is 18.0. The Kier molecular flexibility index (Phi) is 12.3. The molecule has 116 valence electrons. The minimum Gasteiger partial charge on any atom is -0.377 e. The van der Waals surface area contributed by atoms with Gasteiger partial charge in [0.25, 0.3) is 0 Å². The van der Waals surface area contributed by atoms with Crippen LogP contribution in [0.25, 0.3) is 0 Å². The second-order valence-corrected chi connectivity index (χ2v) is 7.51. The second kappa shape index (κ2) is 12.1. The summed E-state index contributed by atoms with van der Waals surface area (Å²) >= 11 is 0. The molecule has 0 aromatic rings. The van der Waals surface area contributed by atoms with Gasteiger partial charge in [-0.15, -0.1) is 0 Å². The summed E-state index contributed by atoms with van der Waals surface area (Å²) in [5.74, 6) is 0.856. The molecule has 4 heteroatoms. The molecule has 0 N–H and O–H groups in total. The molecule has 0 spiro atoms. The minimum atomic E-state index is -0.436. The van der Waals surface area contributed by atoms with E-state index in [0.29, 0.717) is 0 Å². The predicted octanol–water partition coefficient (Wildman–Crippen LogP) is 4.79. The van der Waals surface area contributed by atoms with E-state index in [-0.39, 0.29) is 17.5 Å². The largest absolute Gasteiger partial charge is 0.377 e. The molecule has 0 bridgehead atoms. The molecule has 0 saturated heterocycles. The van der Waals surface area contributed by atoms with Crippen LogP contribution in [0.3, 0.4) is 0 Å². The second-order valence-electron chi connectivity index (χ2n) is 4.88. The molecule has 0 aliphatic rings. The fraction of sp³-hybridized carbons (Fsp3) is 1.00. The van der Waals surface area contributed by atoms with Crippen LogP contribution < -0.4 is 0 Å².